The van der Waals surface area contributed by atoms with Crippen molar-refractivity contribution in [1.29, 1.82) is 0 Å². The number of rotatable bonds is 10. The van der Waals surface area contributed by atoms with Crippen molar-refractivity contribution in [2.75, 3.05) is 45.7 Å². The lowest BCUT2D eigenvalue weighted by Gasteiger charge is -2.41. The third-order valence-corrected chi connectivity index (χ3v) is 8.33. The number of halogens is 1. The molecule has 1 aromatic heterocycles. The fourth-order valence-corrected chi connectivity index (χ4v) is 6.23. The van der Waals surface area contributed by atoms with Gasteiger partial charge in [-0.1, -0.05) is 18.2 Å². The van der Waals surface area contributed by atoms with E-state index in [-0.39, 0.29) is 11.4 Å². The molecule has 0 spiro atoms. The second-order valence-electron chi connectivity index (χ2n) is 8.12. The summed E-state index contributed by atoms with van der Waals surface area (Å²) >= 11 is 3.60. The summed E-state index contributed by atoms with van der Waals surface area (Å²) in [6.45, 7) is 4.39. The van der Waals surface area contributed by atoms with E-state index < -0.39 is 0 Å². The fraction of sp³-hybridized carbons (Fsp3) is 0.440. The summed E-state index contributed by atoms with van der Waals surface area (Å²) in [5, 5.41) is 3.71. The van der Waals surface area contributed by atoms with E-state index >= 15 is 0 Å². The van der Waals surface area contributed by atoms with Gasteiger partial charge in [0.2, 0.25) is 0 Å². The molecule has 0 atom stereocenters. The highest BCUT2D eigenvalue weighted by atomic mass is 32.2. The van der Waals surface area contributed by atoms with Crippen LogP contribution in [0.1, 0.15) is 18.4 Å². The van der Waals surface area contributed by atoms with Gasteiger partial charge in [-0.3, -0.25) is 0 Å². The van der Waals surface area contributed by atoms with Gasteiger partial charge in [0, 0.05) is 42.1 Å². The molecule has 0 unspecified atom stereocenters. The lowest BCUT2D eigenvalue weighted by molar-refractivity contribution is -0.0804. The number of piperidine rings is 1. The van der Waals surface area contributed by atoms with Gasteiger partial charge in [-0.25, -0.2) is 4.39 Å². The Morgan fingerprint density at radius 2 is 1.84 bits per heavy atom. The minimum Gasteiger partial charge on any atom is -0.382 e. The number of thiophene rings is 1. The molecule has 3 aromatic rings. The van der Waals surface area contributed by atoms with Crippen LogP contribution in [-0.2, 0) is 15.9 Å². The molecule has 0 radical (unpaired) electrons. The zero-order chi connectivity index (χ0) is 21.5. The largest absolute Gasteiger partial charge is 0.382 e. The monoisotopic (exact) mass is 459 g/mol. The molecule has 1 saturated heterocycles. The Labute approximate surface area is 192 Å². The summed E-state index contributed by atoms with van der Waals surface area (Å²) < 4.78 is 26.2. The number of nitrogens with zero attached hydrogens (tertiary/aromatic N) is 1. The maximum Gasteiger partial charge on any atom is 0.123 e. The molecule has 1 fully saturated rings. The first-order valence-corrected chi connectivity index (χ1v) is 12.7. The van der Waals surface area contributed by atoms with E-state index in [1.54, 1.807) is 18.9 Å². The van der Waals surface area contributed by atoms with Gasteiger partial charge in [-0.05, 0) is 65.9 Å². The van der Waals surface area contributed by atoms with Crippen LogP contribution in [-0.4, -0.2) is 56.2 Å². The number of hydrogen-bond acceptors (Lipinski definition) is 5. The second kappa shape index (κ2) is 10.9. The first-order chi connectivity index (χ1) is 15.2. The van der Waals surface area contributed by atoms with Crippen LogP contribution in [0.3, 0.4) is 0 Å². The van der Waals surface area contributed by atoms with Gasteiger partial charge in [0.05, 0.1) is 18.8 Å². The summed E-state index contributed by atoms with van der Waals surface area (Å²) in [7, 11) is 1.71. The molecule has 0 N–H and O–H groups in total. The van der Waals surface area contributed by atoms with Crippen LogP contribution in [0.2, 0.25) is 0 Å². The second-order valence-corrected chi connectivity index (χ2v) is 10.1. The van der Waals surface area contributed by atoms with E-state index in [4.69, 9.17) is 9.47 Å². The van der Waals surface area contributed by atoms with E-state index in [1.165, 1.54) is 27.8 Å². The predicted molar refractivity (Wildman–Crippen MR) is 129 cm³/mol. The molecule has 0 bridgehead atoms. The number of thioether (sulfide) groups is 1. The maximum absolute atomic E-state index is 13.2. The van der Waals surface area contributed by atoms with E-state index in [0.717, 1.165) is 49.5 Å². The lowest BCUT2D eigenvalue weighted by atomic mass is 9.92. The smallest absolute Gasteiger partial charge is 0.123 e. The van der Waals surface area contributed by atoms with Crippen molar-refractivity contribution in [2.24, 2.45) is 0 Å². The van der Waals surface area contributed by atoms with Crippen LogP contribution in [0.25, 0.3) is 10.1 Å². The number of hydrogen-bond donors (Lipinski definition) is 0. The summed E-state index contributed by atoms with van der Waals surface area (Å²) in [5.41, 5.74) is 1.31. The molecule has 2 heterocycles. The van der Waals surface area contributed by atoms with E-state index in [2.05, 4.69) is 34.5 Å². The third kappa shape index (κ3) is 6.08. The average molecular weight is 460 g/mol. The number of likely N-dealkylation sites (tertiary alicyclic amines) is 1. The van der Waals surface area contributed by atoms with Gasteiger partial charge in [-0.2, -0.15) is 0 Å². The Morgan fingerprint density at radius 3 is 2.61 bits per heavy atom. The van der Waals surface area contributed by atoms with Crippen molar-refractivity contribution in [2.45, 2.75) is 29.8 Å². The number of fused-ring (bicyclic) bond motifs is 1. The maximum atomic E-state index is 13.2. The molecular formula is C25H30FNO2S2. The van der Waals surface area contributed by atoms with Gasteiger partial charge in [0.15, 0.2) is 0 Å². The highest BCUT2D eigenvalue weighted by molar-refractivity contribution is 7.99. The Bertz CT molecular complexity index is 952. The Hall–Kier alpha value is -1.44. The molecule has 0 saturated carbocycles. The minimum atomic E-state index is -0.192. The number of benzene rings is 2. The molecule has 0 aliphatic carbocycles. The molecule has 1 aliphatic rings. The molecule has 4 rings (SSSR count). The van der Waals surface area contributed by atoms with Crippen molar-refractivity contribution >= 4 is 33.2 Å². The molecule has 3 nitrogen and oxygen atoms in total. The van der Waals surface area contributed by atoms with E-state index in [0.29, 0.717) is 13.2 Å². The van der Waals surface area contributed by atoms with Crippen LogP contribution < -0.4 is 0 Å². The van der Waals surface area contributed by atoms with Crippen LogP contribution in [0, 0.1) is 5.82 Å². The van der Waals surface area contributed by atoms with Crippen molar-refractivity contribution < 1.29 is 13.9 Å². The Kier molecular flexibility index (Phi) is 8.02. The molecule has 6 heteroatoms. The molecule has 0 amide bonds. The first kappa shape index (κ1) is 22.7. The van der Waals surface area contributed by atoms with Crippen molar-refractivity contribution in [3.63, 3.8) is 0 Å². The highest BCUT2D eigenvalue weighted by Gasteiger charge is 2.35. The minimum absolute atomic E-state index is 0.150. The molecule has 31 heavy (non-hydrogen) atoms. The van der Waals surface area contributed by atoms with Crippen LogP contribution in [0.15, 0.2) is 58.8 Å². The fourth-order valence-electron chi connectivity index (χ4n) is 4.11. The quantitative estimate of drug-likeness (QED) is 0.279. The zero-order valence-corrected chi connectivity index (χ0v) is 19.7. The summed E-state index contributed by atoms with van der Waals surface area (Å²) in [4.78, 5) is 3.65. The number of ether oxygens (including phenoxy) is 2. The molecule has 2 aromatic carbocycles. The van der Waals surface area contributed by atoms with Crippen molar-refractivity contribution in [1.82, 2.24) is 4.90 Å². The Morgan fingerprint density at radius 1 is 1.06 bits per heavy atom. The predicted octanol–water partition coefficient (Wildman–Crippen LogP) is 5.87. The summed E-state index contributed by atoms with van der Waals surface area (Å²) in [6.07, 6.45) is 3.11. The first-order valence-electron chi connectivity index (χ1n) is 10.9. The standard InChI is InChI=1S/C25H30FNO2S2/c1-28-16-17-29-25(19-31-22-8-6-21(26)7-9-22)11-14-27(15-12-25)13-10-20-18-30-24-5-3-2-4-23(20)24/h2-9,18H,10-17,19H2,1H3. The van der Waals surface area contributed by atoms with E-state index in [9.17, 15) is 4.39 Å². The SMILES string of the molecule is COCCOC1(CSc2ccc(F)cc2)CCN(CCc2csc3ccccc23)CC1. The molecule has 166 valence electrons. The molecular weight excluding hydrogens is 429 g/mol. The zero-order valence-electron chi connectivity index (χ0n) is 18.0. The average Bonchev–Trinajstić information content (AvgIpc) is 3.22. The van der Waals surface area contributed by atoms with Crippen LogP contribution >= 0.6 is 23.1 Å². The van der Waals surface area contributed by atoms with Gasteiger partial charge in [-0.15, -0.1) is 23.1 Å². The van der Waals surface area contributed by atoms with E-state index in [1.807, 2.05) is 23.5 Å². The Balaban J connectivity index is 1.32. The summed E-state index contributed by atoms with van der Waals surface area (Å²) in [6, 6.07) is 15.4. The summed E-state index contributed by atoms with van der Waals surface area (Å²) in [5.74, 6) is 0.688. The third-order valence-electron chi connectivity index (χ3n) is 6.04. The van der Waals surface area contributed by atoms with Gasteiger partial charge < -0.3 is 14.4 Å². The van der Waals surface area contributed by atoms with Gasteiger partial charge in [0.25, 0.3) is 0 Å². The van der Waals surface area contributed by atoms with Gasteiger partial charge >= 0.3 is 0 Å². The highest BCUT2D eigenvalue weighted by Crippen LogP contribution is 2.34. The normalized spacial score (nSPS) is 16.7. The molecule has 1 aliphatic heterocycles. The van der Waals surface area contributed by atoms with Crippen molar-refractivity contribution in [3.05, 3.63) is 65.3 Å². The van der Waals surface area contributed by atoms with Gasteiger partial charge in [0.1, 0.15) is 5.82 Å². The lowest BCUT2D eigenvalue weighted by Crippen LogP contribution is -2.48. The topological polar surface area (TPSA) is 21.7 Å². The van der Waals surface area contributed by atoms with Crippen molar-refractivity contribution in [3.8, 4) is 0 Å². The van der Waals surface area contributed by atoms with Crippen LogP contribution in [0.4, 0.5) is 4.39 Å². The number of methoxy groups -OCH3 is 1. The van der Waals surface area contributed by atoms with Crippen LogP contribution in [0.5, 0.6) is 0 Å².